The molecule has 1 heterocycles. The molecular weight excluding hydrogens is 216 g/mol. The van der Waals surface area contributed by atoms with Gasteiger partial charge in [0, 0.05) is 5.75 Å². The Morgan fingerprint density at radius 3 is 2.60 bits per heavy atom. The molecule has 1 aliphatic heterocycles. The lowest BCUT2D eigenvalue weighted by molar-refractivity contribution is -0.148. The van der Waals surface area contributed by atoms with E-state index in [1.807, 2.05) is 13.8 Å². The Bertz CT molecular complexity index is 270. The summed E-state index contributed by atoms with van der Waals surface area (Å²) in [6.07, 6.45) is 0. The van der Waals surface area contributed by atoms with Gasteiger partial charge in [0.1, 0.15) is 6.04 Å². The SMILES string of the molecule is CC(C)C1SCC(C(=O)O)N1C(=O)CN. The minimum absolute atomic E-state index is 0.0675. The smallest absolute Gasteiger partial charge is 0.327 e. The molecule has 86 valence electrons. The van der Waals surface area contributed by atoms with Crippen LogP contribution in [0.1, 0.15) is 13.8 Å². The quantitative estimate of drug-likeness (QED) is 0.713. The van der Waals surface area contributed by atoms with E-state index in [0.717, 1.165) is 0 Å². The molecule has 2 unspecified atom stereocenters. The fourth-order valence-corrected chi connectivity index (χ4v) is 3.15. The van der Waals surface area contributed by atoms with Gasteiger partial charge in [-0.25, -0.2) is 4.79 Å². The Kier molecular flexibility index (Phi) is 3.98. The molecule has 2 atom stereocenters. The number of carboxylic acid groups (broad SMARTS) is 1. The molecule has 0 saturated carbocycles. The molecule has 0 bridgehead atoms. The largest absolute Gasteiger partial charge is 0.480 e. The molecule has 1 rings (SSSR count). The van der Waals surface area contributed by atoms with Crippen molar-refractivity contribution in [2.45, 2.75) is 25.3 Å². The zero-order valence-corrected chi connectivity index (χ0v) is 9.66. The van der Waals surface area contributed by atoms with Crippen LogP contribution in [0.3, 0.4) is 0 Å². The summed E-state index contributed by atoms with van der Waals surface area (Å²) in [6.45, 7) is 3.81. The Labute approximate surface area is 93.0 Å². The van der Waals surface area contributed by atoms with Crippen LogP contribution >= 0.6 is 11.8 Å². The predicted octanol–water partition coefficient (Wildman–Crippen LogP) is -0.0442. The number of hydrogen-bond donors (Lipinski definition) is 2. The number of carbonyl (C=O) groups excluding carboxylic acids is 1. The van der Waals surface area contributed by atoms with E-state index in [1.54, 1.807) is 0 Å². The summed E-state index contributed by atoms with van der Waals surface area (Å²) in [5.41, 5.74) is 5.28. The van der Waals surface area contributed by atoms with E-state index in [1.165, 1.54) is 16.7 Å². The second-order valence-corrected chi connectivity index (χ2v) is 4.98. The van der Waals surface area contributed by atoms with Crippen molar-refractivity contribution >= 4 is 23.6 Å². The average molecular weight is 232 g/mol. The molecular formula is C9H16N2O3S. The summed E-state index contributed by atoms with van der Waals surface area (Å²) in [4.78, 5) is 23.9. The van der Waals surface area contributed by atoms with E-state index in [-0.39, 0.29) is 23.7 Å². The number of carboxylic acids is 1. The molecule has 1 fully saturated rings. The topological polar surface area (TPSA) is 83.6 Å². The Morgan fingerprint density at radius 1 is 1.60 bits per heavy atom. The maximum atomic E-state index is 11.6. The molecule has 0 aromatic rings. The van der Waals surface area contributed by atoms with Gasteiger partial charge in [-0.05, 0) is 5.92 Å². The van der Waals surface area contributed by atoms with E-state index >= 15 is 0 Å². The van der Waals surface area contributed by atoms with Crippen LogP contribution in [0, 0.1) is 5.92 Å². The van der Waals surface area contributed by atoms with Crippen molar-refractivity contribution in [2.24, 2.45) is 11.7 Å². The highest BCUT2D eigenvalue weighted by Crippen LogP contribution is 2.33. The highest BCUT2D eigenvalue weighted by molar-refractivity contribution is 8.00. The summed E-state index contributed by atoms with van der Waals surface area (Å²) in [5.74, 6) is -0.558. The number of rotatable bonds is 3. The molecule has 3 N–H and O–H groups in total. The van der Waals surface area contributed by atoms with Gasteiger partial charge >= 0.3 is 5.97 Å². The van der Waals surface area contributed by atoms with Crippen LogP contribution < -0.4 is 5.73 Å². The number of thioether (sulfide) groups is 1. The van der Waals surface area contributed by atoms with Gasteiger partial charge < -0.3 is 15.7 Å². The van der Waals surface area contributed by atoms with Crippen molar-refractivity contribution in [1.29, 1.82) is 0 Å². The summed E-state index contributed by atoms with van der Waals surface area (Å²) in [7, 11) is 0. The second-order valence-electron chi connectivity index (χ2n) is 3.83. The fourth-order valence-electron chi connectivity index (χ4n) is 1.65. The summed E-state index contributed by atoms with van der Waals surface area (Å²) in [5, 5.41) is 8.91. The van der Waals surface area contributed by atoms with Crippen LogP contribution in [0.25, 0.3) is 0 Å². The summed E-state index contributed by atoms with van der Waals surface area (Å²) in [6, 6.07) is -0.724. The zero-order valence-electron chi connectivity index (χ0n) is 8.84. The molecule has 0 aromatic heterocycles. The van der Waals surface area contributed by atoms with Crippen molar-refractivity contribution in [2.75, 3.05) is 12.3 Å². The fraction of sp³-hybridized carbons (Fsp3) is 0.778. The molecule has 0 spiro atoms. The van der Waals surface area contributed by atoms with Crippen LogP contribution in [-0.4, -0.2) is 45.6 Å². The van der Waals surface area contributed by atoms with Gasteiger partial charge in [0.25, 0.3) is 0 Å². The summed E-state index contributed by atoms with van der Waals surface area (Å²) < 4.78 is 0. The summed E-state index contributed by atoms with van der Waals surface area (Å²) >= 11 is 1.51. The minimum Gasteiger partial charge on any atom is -0.480 e. The van der Waals surface area contributed by atoms with Crippen LogP contribution in [0.4, 0.5) is 0 Å². The first-order valence-electron chi connectivity index (χ1n) is 4.84. The van der Waals surface area contributed by atoms with Gasteiger partial charge in [-0.15, -0.1) is 11.8 Å². The Morgan fingerprint density at radius 2 is 2.20 bits per heavy atom. The van der Waals surface area contributed by atoms with Gasteiger partial charge in [0.15, 0.2) is 0 Å². The normalized spacial score (nSPS) is 26.0. The van der Waals surface area contributed by atoms with Crippen molar-refractivity contribution in [1.82, 2.24) is 4.90 Å². The predicted molar refractivity (Wildman–Crippen MR) is 58.4 cm³/mol. The molecule has 15 heavy (non-hydrogen) atoms. The third-order valence-electron chi connectivity index (χ3n) is 2.35. The third-order valence-corrected chi connectivity index (χ3v) is 3.97. The second kappa shape index (κ2) is 4.85. The molecule has 1 amide bonds. The average Bonchev–Trinajstić information content (AvgIpc) is 2.60. The number of nitrogens with zero attached hydrogens (tertiary/aromatic N) is 1. The first kappa shape index (κ1) is 12.3. The number of aliphatic carboxylic acids is 1. The lowest BCUT2D eigenvalue weighted by Gasteiger charge is -2.29. The molecule has 1 aliphatic rings. The van der Waals surface area contributed by atoms with E-state index in [0.29, 0.717) is 5.75 Å². The van der Waals surface area contributed by atoms with Crippen LogP contribution in [0.2, 0.25) is 0 Å². The van der Waals surface area contributed by atoms with Gasteiger partial charge in [0.05, 0.1) is 11.9 Å². The Balaban J connectivity index is 2.87. The standard InChI is InChI=1S/C9H16N2O3S/c1-5(2)8-11(7(12)3-10)6(4-15-8)9(13)14/h5-6,8H,3-4,10H2,1-2H3,(H,13,14). The molecule has 5 nitrogen and oxygen atoms in total. The minimum atomic E-state index is -0.951. The van der Waals surface area contributed by atoms with Crippen LogP contribution in [-0.2, 0) is 9.59 Å². The van der Waals surface area contributed by atoms with Gasteiger partial charge in [-0.2, -0.15) is 0 Å². The van der Waals surface area contributed by atoms with Crippen molar-refractivity contribution in [3.05, 3.63) is 0 Å². The monoisotopic (exact) mass is 232 g/mol. The van der Waals surface area contributed by atoms with Crippen molar-refractivity contribution in [3.63, 3.8) is 0 Å². The molecule has 6 heteroatoms. The maximum Gasteiger partial charge on any atom is 0.327 e. The molecule has 0 aromatic carbocycles. The first-order chi connectivity index (χ1) is 6.99. The number of amides is 1. The number of hydrogen-bond acceptors (Lipinski definition) is 4. The van der Waals surface area contributed by atoms with E-state index in [2.05, 4.69) is 0 Å². The van der Waals surface area contributed by atoms with E-state index in [4.69, 9.17) is 10.8 Å². The molecule has 0 radical (unpaired) electrons. The lowest BCUT2D eigenvalue weighted by Crippen LogP contribution is -2.49. The van der Waals surface area contributed by atoms with Gasteiger partial charge in [0.2, 0.25) is 5.91 Å². The first-order valence-corrected chi connectivity index (χ1v) is 5.89. The number of nitrogens with two attached hydrogens (primary N) is 1. The Hall–Kier alpha value is -0.750. The maximum absolute atomic E-state index is 11.6. The van der Waals surface area contributed by atoms with Gasteiger partial charge in [-0.3, -0.25) is 4.79 Å². The van der Waals surface area contributed by atoms with Crippen LogP contribution in [0.5, 0.6) is 0 Å². The molecule has 0 aliphatic carbocycles. The number of carbonyl (C=O) groups is 2. The zero-order chi connectivity index (χ0) is 11.6. The lowest BCUT2D eigenvalue weighted by atomic mass is 10.1. The van der Waals surface area contributed by atoms with Gasteiger partial charge in [-0.1, -0.05) is 13.8 Å². The van der Waals surface area contributed by atoms with E-state index in [9.17, 15) is 9.59 Å². The van der Waals surface area contributed by atoms with Crippen molar-refractivity contribution in [3.8, 4) is 0 Å². The van der Waals surface area contributed by atoms with Crippen molar-refractivity contribution < 1.29 is 14.7 Å². The molecule has 1 saturated heterocycles. The highest BCUT2D eigenvalue weighted by Gasteiger charge is 2.42. The van der Waals surface area contributed by atoms with E-state index < -0.39 is 12.0 Å². The third kappa shape index (κ3) is 2.43. The van der Waals surface area contributed by atoms with Crippen LogP contribution in [0.15, 0.2) is 0 Å². The highest BCUT2D eigenvalue weighted by atomic mass is 32.2.